The number of aliphatic hydroxyl groups excluding tert-OH is 1. The van der Waals surface area contributed by atoms with Gasteiger partial charge >= 0.3 is 6.09 Å². The Hall–Kier alpha value is -3.19. The predicted molar refractivity (Wildman–Crippen MR) is 96.3 cm³/mol. The molecule has 1 aliphatic heterocycles. The van der Waals surface area contributed by atoms with Gasteiger partial charge in [0.05, 0.1) is 13.2 Å². The third kappa shape index (κ3) is 3.04. The molecule has 132 valence electrons. The van der Waals surface area contributed by atoms with Crippen molar-refractivity contribution in [1.82, 2.24) is 9.97 Å². The Morgan fingerprint density at radius 2 is 2.08 bits per heavy atom. The van der Waals surface area contributed by atoms with Crippen molar-refractivity contribution in [1.29, 1.82) is 0 Å². The molecule has 0 aliphatic carbocycles. The van der Waals surface area contributed by atoms with Gasteiger partial charge in [-0.2, -0.15) is 0 Å². The van der Waals surface area contributed by atoms with Gasteiger partial charge in [0.1, 0.15) is 11.9 Å². The van der Waals surface area contributed by atoms with Gasteiger partial charge in [-0.15, -0.1) is 0 Å². The first-order valence-corrected chi connectivity index (χ1v) is 8.29. The molecule has 26 heavy (non-hydrogen) atoms. The van der Waals surface area contributed by atoms with E-state index in [0.29, 0.717) is 17.8 Å². The van der Waals surface area contributed by atoms with Crippen LogP contribution in [0.5, 0.6) is 0 Å². The van der Waals surface area contributed by atoms with Crippen LogP contribution in [0.3, 0.4) is 0 Å². The van der Waals surface area contributed by atoms with Crippen LogP contribution in [0.1, 0.15) is 11.1 Å². The summed E-state index contributed by atoms with van der Waals surface area (Å²) in [6.45, 7) is 0.0527. The second kappa shape index (κ2) is 6.61. The smallest absolute Gasteiger partial charge is 0.416 e. The first-order chi connectivity index (χ1) is 12.6. The van der Waals surface area contributed by atoms with Crippen molar-refractivity contribution in [3.05, 3.63) is 70.1 Å². The number of pyridine rings is 2. The number of nitrogens with zero attached hydrogens (tertiary/aromatic N) is 2. The molecule has 1 atom stereocenters. The number of aromatic nitrogens is 2. The van der Waals surface area contributed by atoms with Crippen molar-refractivity contribution in [2.24, 2.45) is 0 Å². The molecular formula is C19H17N3O4. The minimum atomic E-state index is -0.528. The normalized spacial score (nSPS) is 16.9. The van der Waals surface area contributed by atoms with Gasteiger partial charge in [0.15, 0.2) is 0 Å². The molecule has 7 heteroatoms. The highest BCUT2D eigenvalue weighted by Crippen LogP contribution is 2.20. The number of hydrogen-bond donors (Lipinski definition) is 2. The Balaban J connectivity index is 1.56. The van der Waals surface area contributed by atoms with Crippen LogP contribution < -0.4 is 10.5 Å². The van der Waals surface area contributed by atoms with Gasteiger partial charge in [0.2, 0.25) is 0 Å². The highest BCUT2D eigenvalue weighted by Gasteiger charge is 2.32. The van der Waals surface area contributed by atoms with Gasteiger partial charge in [-0.25, -0.2) is 9.78 Å². The van der Waals surface area contributed by atoms with Gasteiger partial charge in [-0.1, -0.05) is 24.3 Å². The van der Waals surface area contributed by atoms with Gasteiger partial charge < -0.3 is 14.8 Å². The van der Waals surface area contributed by atoms with E-state index in [9.17, 15) is 9.59 Å². The number of anilines is 1. The number of ether oxygens (including phenoxy) is 1. The molecule has 4 rings (SSSR count). The Kier molecular flexibility index (Phi) is 4.14. The lowest BCUT2D eigenvalue weighted by Gasteiger charge is -2.12. The first-order valence-electron chi connectivity index (χ1n) is 8.29. The molecule has 1 saturated heterocycles. The zero-order chi connectivity index (χ0) is 18.1. The van der Waals surface area contributed by atoms with Crippen molar-refractivity contribution in [3.8, 4) is 0 Å². The third-order valence-electron chi connectivity index (χ3n) is 4.39. The van der Waals surface area contributed by atoms with Gasteiger partial charge in [0.25, 0.3) is 5.56 Å². The van der Waals surface area contributed by atoms with Crippen molar-refractivity contribution in [2.45, 2.75) is 12.5 Å². The molecule has 1 amide bonds. The number of carbonyl (C=O) groups excluding carboxylic acids is 1. The predicted octanol–water partition coefficient (Wildman–Crippen LogP) is 1.83. The first kappa shape index (κ1) is 16.3. The van der Waals surface area contributed by atoms with Crippen LogP contribution in [-0.4, -0.2) is 40.4 Å². The van der Waals surface area contributed by atoms with Crippen molar-refractivity contribution >= 4 is 22.8 Å². The van der Waals surface area contributed by atoms with E-state index in [2.05, 4.69) is 9.97 Å². The molecule has 1 aliphatic rings. The molecule has 2 aromatic heterocycles. The zero-order valence-corrected chi connectivity index (χ0v) is 13.9. The molecule has 0 bridgehead atoms. The monoisotopic (exact) mass is 351 g/mol. The van der Waals surface area contributed by atoms with Crippen LogP contribution in [-0.2, 0) is 11.2 Å². The average Bonchev–Trinajstić information content (AvgIpc) is 3.04. The molecule has 1 aromatic carbocycles. The summed E-state index contributed by atoms with van der Waals surface area (Å²) in [5, 5.41) is 10.1. The summed E-state index contributed by atoms with van der Waals surface area (Å²) in [4.78, 5) is 32.6. The van der Waals surface area contributed by atoms with E-state index in [1.807, 2.05) is 36.4 Å². The molecule has 3 heterocycles. The number of H-pyrrole nitrogens is 1. The summed E-state index contributed by atoms with van der Waals surface area (Å²) in [7, 11) is 0. The third-order valence-corrected chi connectivity index (χ3v) is 4.39. The summed E-state index contributed by atoms with van der Waals surface area (Å²) >= 11 is 0. The number of aliphatic hydroxyl groups is 1. The van der Waals surface area contributed by atoms with Crippen LogP contribution in [0.25, 0.3) is 10.9 Å². The lowest BCUT2D eigenvalue weighted by atomic mass is 10.1. The molecular weight excluding hydrogens is 334 g/mol. The van der Waals surface area contributed by atoms with Crippen LogP contribution in [0, 0.1) is 0 Å². The SMILES string of the molecule is O=C1OC(CO)CN1c1ccc(Cc2cc3ccccc3[nH]c2=O)cn1. The molecule has 1 unspecified atom stereocenters. The molecule has 0 saturated carbocycles. The lowest BCUT2D eigenvalue weighted by Crippen LogP contribution is -2.26. The summed E-state index contributed by atoms with van der Waals surface area (Å²) in [6.07, 6.45) is 1.04. The quantitative estimate of drug-likeness (QED) is 0.748. The zero-order valence-electron chi connectivity index (χ0n) is 13.9. The van der Waals surface area contributed by atoms with Gasteiger partial charge in [-0.3, -0.25) is 9.69 Å². The minimum absolute atomic E-state index is 0.123. The van der Waals surface area contributed by atoms with E-state index >= 15 is 0 Å². The van der Waals surface area contributed by atoms with Gasteiger partial charge in [-0.05, 0) is 29.1 Å². The number of cyclic esters (lactones) is 1. The number of rotatable bonds is 4. The Bertz CT molecular complexity index is 1010. The molecule has 2 N–H and O–H groups in total. The van der Waals surface area contributed by atoms with Crippen molar-refractivity contribution in [3.63, 3.8) is 0 Å². The van der Waals surface area contributed by atoms with Crippen LogP contribution in [0.15, 0.2) is 53.5 Å². The maximum absolute atomic E-state index is 12.3. The second-order valence-electron chi connectivity index (χ2n) is 6.21. The molecule has 7 nitrogen and oxygen atoms in total. The van der Waals surface area contributed by atoms with Crippen LogP contribution in [0.2, 0.25) is 0 Å². The molecule has 0 spiro atoms. The minimum Gasteiger partial charge on any atom is -0.441 e. The number of aromatic amines is 1. The summed E-state index contributed by atoms with van der Waals surface area (Å²) in [6, 6.07) is 13.0. The van der Waals surface area contributed by atoms with Crippen LogP contribution in [0.4, 0.5) is 10.6 Å². The average molecular weight is 351 g/mol. The maximum atomic E-state index is 12.3. The van der Waals surface area contributed by atoms with Gasteiger partial charge in [0, 0.05) is 23.7 Å². The summed E-state index contributed by atoms with van der Waals surface area (Å²) in [5.41, 5.74) is 2.20. The number of carbonyl (C=O) groups is 1. The number of hydrogen-bond acceptors (Lipinski definition) is 5. The standard InChI is InChI=1S/C19H17N3O4/c23-11-15-10-22(19(25)26-15)17-6-5-12(9-20-17)7-14-8-13-3-1-2-4-16(13)21-18(14)24/h1-6,8-9,15,23H,7,10-11H2,(H,21,24). The van der Waals surface area contributed by atoms with E-state index in [0.717, 1.165) is 16.5 Å². The Morgan fingerprint density at radius 3 is 2.81 bits per heavy atom. The number of amides is 1. The largest absolute Gasteiger partial charge is 0.441 e. The van der Waals surface area contributed by atoms with Crippen LogP contribution >= 0.6 is 0 Å². The second-order valence-corrected chi connectivity index (χ2v) is 6.21. The van der Waals surface area contributed by atoms with E-state index in [4.69, 9.17) is 9.84 Å². The molecule has 0 radical (unpaired) electrons. The fourth-order valence-electron chi connectivity index (χ4n) is 3.03. The van der Waals surface area contributed by atoms with E-state index < -0.39 is 12.2 Å². The molecule has 1 fully saturated rings. The van der Waals surface area contributed by atoms with E-state index in [1.165, 1.54) is 4.90 Å². The van der Waals surface area contributed by atoms with Crippen molar-refractivity contribution in [2.75, 3.05) is 18.1 Å². The number of benzene rings is 1. The maximum Gasteiger partial charge on any atom is 0.416 e. The summed E-state index contributed by atoms with van der Waals surface area (Å²) in [5.74, 6) is 0.460. The number of nitrogens with one attached hydrogen (secondary N) is 1. The van der Waals surface area contributed by atoms with E-state index in [1.54, 1.807) is 12.3 Å². The fourth-order valence-corrected chi connectivity index (χ4v) is 3.03. The fraction of sp³-hybridized carbons (Fsp3) is 0.211. The molecule has 3 aromatic rings. The Morgan fingerprint density at radius 1 is 1.23 bits per heavy atom. The summed E-state index contributed by atoms with van der Waals surface area (Å²) < 4.78 is 5.01. The lowest BCUT2D eigenvalue weighted by molar-refractivity contribution is 0.0963. The highest BCUT2D eigenvalue weighted by atomic mass is 16.6. The topological polar surface area (TPSA) is 95.5 Å². The number of fused-ring (bicyclic) bond motifs is 1. The number of para-hydroxylation sites is 1. The van der Waals surface area contributed by atoms with E-state index in [-0.39, 0.29) is 18.7 Å². The Labute approximate surface area is 148 Å². The highest BCUT2D eigenvalue weighted by molar-refractivity contribution is 5.88. The van der Waals surface area contributed by atoms with Crippen molar-refractivity contribution < 1.29 is 14.6 Å².